The number of carbonyl (C=O) groups excluding carboxylic acids is 3. The lowest BCUT2D eigenvalue weighted by molar-refractivity contribution is -0.137. The number of piperazine rings is 1. The Hall–Kier alpha value is -3.01. The van der Waals surface area contributed by atoms with E-state index in [-0.39, 0.29) is 41.2 Å². The van der Waals surface area contributed by atoms with Gasteiger partial charge in [0.15, 0.2) is 0 Å². The van der Waals surface area contributed by atoms with Gasteiger partial charge in [-0.05, 0) is 41.3 Å². The molecule has 0 aromatic heterocycles. The van der Waals surface area contributed by atoms with Crippen molar-refractivity contribution >= 4 is 35.0 Å². The quantitative estimate of drug-likeness (QED) is 0.545. The van der Waals surface area contributed by atoms with Gasteiger partial charge in [-0.15, -0.1) is 0 Å². The lowest BCUT2D eigenvalue weighted by Gasteiger charge is -2.41. The molecule has 40 heavy (non-hydrogen) atoms. The van der Waals surface area contributed by atoms with Crippen LogP contribution in [0.4, 0.5) is 10.1 Å². The molecule has 5 rings (SSSR count). The monoisotopic (exact) mass is 570 g/mol. The van der Waals surface area contributed by atoms with Gasteiger partial charge >= 0.3 is 0 Å². The number of benzene rings is 2. The van der Waals surface area contributed by atoms with Crippen LogP contribution in [0.2, 0.25) is 5.02 Å². The third-order valence-corrected chi connectivity index (χ3v) is 7.97. The molecule has 0 saturated carbocycles. The Morgan fingerprint density at radius 1 is 1.00 bits per heavy atom. The maximum Gasteiger partial charge on any atom is 0.256 e. The molecule has 3 amide bonds. The average Bonchev–Trinajstić information content (AvgIpc) is 3.00. The van der Waals surface area contributed by atoms with Crippen LogP contribution in [0.25, 0.3) is 11.1 Å². The smallest absolute Gasteiger partial charge is 0.256 e. The normalized spacial score (nSPS) is 20.3. The number of rotatable bonds is 5. The molecule has 3 heterocycles. The molecule has 2 saturated heterocycles. The molecule has 2 aromatic carbocycles. The Kier molecular flexibility index (Phi) is 8.17. The number of hydrogen-bond acceptors (Lipinski definition) is 5. The number of amides is 3. The highest BCUT2D eigenvalue weighted by Crippen LogP contribution is 2.35. The van der Waals surface area contributed by atoms with Crippen molar-refractivity contribution in [2.75, 3.05) is 63.9 Å². The summed E-state index contributed by atoms with van der Waals surface area (Å²) >= 11 is 5.96. The molecule has 2 aromatic rings. The van der Waals surface area contributed by atoms with Crippen LogP contribution in [0.15, 0.2) is 36.4 Å². The van der Waals surface area contributed by atoms with Gasteiger partial charge in [0, 0.05) is 56.3 Å². The predicted octanol–water partition coefficient (Wildman–Crippen LogP) is 3.91. The van der Waals surface area contributed by atoms with Crippen LogP contribution in [-0.2, 0) is 14.3 Å². The van der Waals surface area contributed by atoms with Gasteiger partial charge in [-0.1, -0.05) is 38.4 Å². The summed E-state index contributed by atoms with van der Waals surface area (Å²) in [6, 6.07) is 8.77. The average molecular weight is 571 g/mol. The first kappa shape index (κ1) is 28.5. The summed E-state index contributed by atoms with van der Waals surface area (Å²) < 4.78 is 20.3. The van der Waals surface area contributed by atoms with E-state index in [9.17, 15) is 18.8 Å². The van der Waals surface area contributed by atoms with Gasteiger partial charge in [-0.3, -0.25) is 19.3 Å². The second kappa shape index (κ2) is 11.5. The van der Waals surface area contributed by atoms with Gasteiger partial charge in [-0.2, -0.15) is 0 Å². The first-order valence-electron chi connectivity index (χ1n) is 13.8. The summed E-state index contributed by atoms with van der Waals surface area (Å²) in [6.45, 7) is 10.6. The molecule has 1 atom stereocenters. The van der Waals surface area contributed by atoms with Crippen LogP contribution in [0, 0.1) is 11.2 Å². The number of morpholine rings is 1. The van der Waals surface area contributed by atoms with E-state index in [2.05, 4.69) is 4.90 Å². The summed E-state index contributed by atoms with van der Waals surface area (Å²) in [6.07, 6.45) is 0.360. The highest BCUT2D eigenvalue weighted by atomic mass is 35.5. The van der Waals surface area contributed by atoms with E-state index in [0.717, 1.165) is 13.1 Å². The van der Waals surface area contributed by atoms with Crippen LogP contribution < -0.4 is 4.90 Å². The van der Waals surface area contributed by atoms with Crippen LogP contribution in [0.1, 0.15) is 37.6 Å². The SMILES string of the molecule is CC(C)(C)CC(=O)N1CCN2C(=O)c3cc(-c4ccc(Cl)cc4F)ccc3N(CCN3CCOCC3)C(=O)C2C1. The summed E-state index contributed by atoms with van der Waals surface area (Å²) in [4.78, 5) is 48.4. The van der Waals surface area contributed by atoms with Gasteiger partial charge in [0.25, 0.3) is 11.8 Å². The Morgan fingerprint density at radius 2 is 1.75 bits per heavy atom. The number of halogens is 2. The fraction of sp³-hybridized carbons (Fsp3) is 0.500. The van der Waals surface area contributed by atoms with E-state index < -0.39 is 11.9 Å². The second-order valence-corrected chi connectivity index (χ2v) is 12.3. The first-order valence-corrected chi connectivity index (χ1v) is 14.2. The van der Waals surface area contributed by atoms with Crippen molar-refractivity contribution < 1.29 is 23.5 Å². The number of hydrogen-bond donors (Lipinski definition) is 0. The molecule has 214 valence electrons. The lowest BCUT2D eigenvalue weighted by Crippen LogP contribution is -2.61. The fourth-order valence-electron chi connectivity index (χ4n) is 5.61. The molecular weight excluding hydrogens is 535 g/mol. The van der Waals surface area contributed by atoms with E-state index in [1.807, 2.05) is 20.8 Å². The van der Waals surface area contributed by atoms with Crippen molar-refractivity contribution in [3.63, 3.8) is 0 Å². The zero-order valence-corrected chi connectivity index (χ0v) is 24.0. The molecule has 3 aliphatic rings. The van der Waals surface area contributed by atoms with E-state index in [4.69, 9.17) is 16.3 Å². The maximum atomic E-state index is 14.8. The predicted molar refractivity (Wildman–Crippen MR) is 152 cm³/mol. The van der Waals surface area contributed by atoms with Crippen LogP contribution in [0.3, 0.4) is 0 Å². The topological polar surface area (TPSA) is 73.4 Å². The van der Waals surface area contributed by atoms with E-state index in [1.165, 1.54) is 6.07 Å². The Balaban J connectivity index is 1.50. The van der Waals surface area contributed by atoms with Crippen molar-refractivity contribution in [1.82, 2.24) is 14.7 Å². The molecule has 0 radical (unpaired) electrons. The molecule has 8 nitrogen and oxygen atoms in total. The van der Waals surface area contributed by atoms with E-state index in [0.29, 0.717) is 61.6 Å². The molecule has 3 aliphatic heterocycles. The molecule has 1 unspecified atom stereocenters. The third-order valence-electron chi connectivity index (χ3n) is 7.73. The molecular formula is C30H36ClFN4O4. The Bertz CT molecular complexity index is 1310. The Labute approximate surface area is 239 Å². The zero-order valence-electron chi connectivity index (χ0n) is 23.3. The number of nitrogens with zero attached hydrogens (tertiary/aromatic N) is 4. The lowest BCUT2D eigenvalue weighted by atomic mass is 9.91. The first-order chi connectivity index (χ1) is 19.0. The number of carbonyl (C=O) groups is 3. The summed E-state index contributed by atoms with van der Waals surface area (Å²) in [5, 5.41) is 0.286. The second-order valence-electron chi connectivity index (χ2n) is 11.9. The molecule has 10 heteroatoms. The van der Waals surface area contributed by atoms with Crippen LogP contribution in [0.5, 0.6) is 0 Å². The minimum Gasteiger partial charge on any atom is -0.379 e. The molecule has 2 fully saturated rings. The summed E-state index contributed by atoms with van der Waals surface area (Å²) in [5.74, 6) is -1.01. The van der Waals surface area contributed by atoms with E-state index >= 15 is 0 Å². The highest BCUT2D eigenvalue weighted by Gasteiger charge is 2.44. The molecule has 0 aliphatic carbocycles. The van der Waals surface area contributed by atoms with Gasteiger partial charge in [0.2, 0.25) is 5.91 Å². The standard InChI is InChI=1S/C30H36ClFN4O4/c1-30(2,3)18-27(37)34-9-11-36-26(19-34)29(39)35(10-8-33-12-14-40-15-13-33)25-7-4-20(16-23(25)28(36)38)22-6-5-21(31)17-24(22)32/h4-7,16-17,26H,8-15,18-19H2,1-3H3. The van der Waals surface area contributed by atoms with E-state index in [1.54, 1.807) is 45.0 Å². The van der Waals surface area contributed by atoms with Crippen molar-refractivity contribution in [3.05, 3.63) is 52.8 Å². The van der Waals surface area contributed by atoms with Gasteiger partial charge < -0.3 is 19.4 Å². The molecule has 0 spiro atoms. The highest BCUT2D eigenvalue weighted by molar-refractivity contribution is 6.30. The number of fused-ring (bicyclic) bond motifs is 2. The largest absolute Gasteiger partial charge is 0.379 e. The zero-order chi connectivity index (χ0) is 28.6. The van der Waals surface area contributed by atoms with Crippen molar-refractivity contribution in [2.24, 2.45) is 5.41 Å². The molecule has 0 bridgehead atoms. The van der Waals surface area contributed by atoms with Crippen molar-refractivity contribution in [3.8, 4) is 11.1 Å². The van der Waals surface area contributed by atoms with Crippen LogP contribution in [-0.4, -0.2) is 97.5 Å². The minimum atomic E-state index is -0.794. The van der Waals surface area contributed by atoms with Gasteiger partial charge in [0.1, 0.15) is 11.9 Å². The molecule has 0 N–H and O–H groups in total. The number of anilines is 1. The van der Waals surface area contributed by atoms with Crippen molar-refractivity contribution in [1.29, 1.82) is 0 Å². The van der Waals surface area contributed by atoms with Crippen LogP contribution >= 0.6 is 11.6 Å². The van der Waals surface area contributed by atoms with Gasteiger partial charge in [-0.25, -0.2) is 4.39 Å². The fourth-order valence-corrected chi connectivity index (χ4v) is 5.77. The maximum absolute atomic E-state index is 14.8. The Morgan fingerprint density at radius 3 is 2.45 bits per heavy atom. The summed E-state index contributed by atoms with van der Waals surface area (Å²) in [5.41, 5.74) is 1.51. The van der Waals surface area contributed by atoms with Gasteiger partial charge in [0.05, 0.1) is 31.0 Å². The summed E-state index contributed by atoms with van der Waals surface area (Å²) in [7, 11) is 0. The number of ether oxygens (including phenoxy) is 1. The minimum absolute atomic E-state index is 0.0190. The van der Waals surface area contributed by atoms with Crippen molar-refractivity contribution in [2.45, 2.75) is 33.2 Å². The third kappa shape index (κ3) is 6.01.